The monoisotopic (exact) mass is 191 g/mol. The predicted molar refractivity (Wildman–Crippen MR) is 59.9 cm³/mol. The lowest BCUT2D eigenvalue weighted by atomic mass is 10.2. The summed E-state index contributed by atoms with van der Waals surface area (Å²) in [5.74, 6) is -0.435. The van der Waals surface area contributed by atoms with E-state index in [2.05, 4.69) is 44.7 Å². The fourth-order valence-corrected chi connectivity index (χ4v) is 0.637. The molecule has 0 saturated heterocycles. The molecule has 1 amide bonds. The molecule has 0 aromatic heterocycles. The van der Waals surface area contributed by atoms with E-state index in [9.17, 15) is 4.79 Å². The maximum absolute atomic E-state index is 9.82. The fourth-order valence-electron chi connectivity index (χ4n) is 0.637. The van der Waals surface area contributed by atoms with Gasteiger partial charge in [0.2, 0.25) is 5.91 Å². The van der Waals surface area contributed by atoms with Gasteiger partial charge in [0, 0.05) is 5.57 Å². The lowest BCUT2D eigenvalue weighted by Gasteiger charge is -1.90. The third-order valence-corrected chi connectivity index (χ3v) is 1.64. The minimum atomic E-state index is -0.435. The highest BCUT2D eigenvalue weighted by Crippen LogP contribution is 1.99. The van der Waals surface area contributed by atoms with Gasteiger partial charge in [-0.25, -0.2) is 0 Å². The molecule has 0 unspecified atom stereocenters. The Kier molecular flexibility index (Phi) is 5.30. The van der Waals surface area contributed by atoms with Gasteiger partial charge in [-0.1, -0.05) is 42.0 Å². The van der Waals surface area contributed by atoms with E-state index in [1.807, 2.05) is 0 Å². The van der Waals surface area contributed by atoms with Gasteiger partial charge in [-0.2, -0.15) is 0 Å². The van der Waals surface area contributed by atoms with E-state index in [-0.39, 0.29) is 0 Å². The first kappa shape index (κ1) is 12.4. The molecule has 0 saturated carbocycles. The number of carbonyl (C=O) groups excluding carboxylic acids is 1. The van der Waals surface area contributed by atoms with Crippen LogP contribution in [-0.4, -0.2) is 5.91 Å². The number of amides is 1. The number of rotatable bonds is 1. The van der Waals surface area contributed by atoms with E-state index < -0.39 is 5.91 Å². The van der Waals surface area contributed by atoms with E-state index in [1.54, 1.807) is 6.92 Å². The van der Waals surface area contributed by atoms with Gasteiger partial charge < -0.3 is 5.73 Å². The van der Waals surface area contributed by atoms with Gasteiger partial charge >= 0.3 is 0 Å². The highest BCUT2D eigenvalue weighted by Gasteiger charge is 1.86. The Morgan fingerprint density at radius 3 is 1.50 bits per heavy atom. The van der Waals surface area contributed by atoms with Gasteiger partial charge in [-0.15, -0.1) is 0 Å². The van der Waals surface area contributed by atoms with Crippen molar-refractivity contribution in [2.75, 3.05) is 0 Å². The Balaban J connectivity index is 0.000000255. The Labute approximate surface area is 85.4 Å². The molecule has 76 valence electrons. The number of primary amides is 1. The summed E-state index contributed by atoms with van der Waals surface area (Å²) >= 11 is 0. The molecule has 0 heterocycles. The van der Waals surface area contributed by atoms with Crippen LogP contribution in [0.25, 0.3) is 0 Å². The minimum absolute atomic E-state index is 0.398. The van der Waals surface area contributed by atoms with Crippen LogP contribution in [-0.2, 0) is 4.79 Å². The van der Waals surface area contributed by atoms with Crippen LogP contribution in [0.2, 0.25) is 0 Å². The molecule has 0 aliphatic rings. The molecule has 0 aliphatic heterocycles. The average Bonchev–Trinajstić information content (AvgIpc) is 2.11. The topological polar surface area (TPSA) is 43.1 Å². The molecular weight excluding hydrogens is 174 g/mol. The van der Waals surface area contributed by atoms with Crippen LogP contribution in [0.15, 0.2) is 36.4 Å². The van der Waals surface area contributed by atoms with E-state index in [4.69, 9.17) is 5.73 Å². The Hall–Kier alpha value is -1.57. The van der Waals surface area contributed by atoms with Crippen LogP contribution >= 0.6 is 0 Å². The molecule has 0 bridgehead atoms. The molecule has 2 nitrogen and oxygen atoms in total. The summed E-state index contributed by atoms with van der Waals surface area (Å²) in [5.41, 5.74) is 7.75. The predicted octanol–water partition coefficient (Wildman–Crippen LogP) is 2.35. The molecule has 0 spiro atoms. The summed E-state index contributed by atoms with van der Waals surface area (Å²) < 4.78 is 0. The summed E-state index contributed by atoms with van der Waals surface area (Å²) in [5, 5.41) is 0. The largest absolute Gasteiger partial charge is 0.366 e. The number of hydrogen-bond donors (Lipinski definition) is 1. The molecule has 1 aromatic carbocycles. The first-order valence-corrected chi connectivity index (χ1v) is 4.42. The van der Waals surface area contributed by atoms with E-state index in [1.165, 1.54) is 11.1 Å². The molecule has 2 N–H and O–H groups in total. The quantitative estimate of drug-likeness (QED) is 0.680. The van der Waals surface area contributed by atoms with Crippen molar-refractivity contribution in [3.05, 3.63) is 47.5 Å². The molecule has 0 fully saturated rings. The lowest BCUT2D eigenvalue weighted by Crippen LogP contribution is -2.10. The molecule has 1 aromatic rings. The second-order valence-corrected chi connectivity index (χ2v) is 3.30. The Bertz CT molecular complexity index is 279. The first-order valence-electron chi connectivity index (χ1n) is 4.42. The van der Waals surface area contributed by atoms with Gasteiger partial charge in [0.05, 0.1) is 0 Å². The van der Waals surface area contributed by atoms with Gasteiger partial charge in [0.15, 0.2) is 0 Å². The van der Waals surface area contributed by atoms with Crippen LogP contribution < -0.4 is 5.73 Å². The molecule has 0 radical (unpaired) electrons. The van der Waals surface area contributed by atoms with Gasteiger partial charge in [0.25, 0.3) is 0 Å². The first-order chi connectivity index (χ1) is 6.43. The summed E-state index contributed by atoms with van der Waals surface area (Å²) in [6.45, 7) is 9.05. The number of aryl methyl sites for hydroxylation is 2. The zero-order chi connectivity index (χ0) is 11.1. The van der Waals surface area contributed by atoms with E-state index in [0.29, 0.717) is 5.57 Å². The van der Waals surface area contributed by atoms with Gasteiger partial charge in [0.1, 0.15) is 0 Å². The van der Waals surface area contributed by atoms with Gasteiger partial charge in [-0.05, 0) is 20.8 Å². The summed E-state index contributed by atoms with van der Waals surface area (Å²) in [6, 6.07) is 8.48. The zero-order valence-corrected chi connectivity index (χ0v) is 9.00. The maximum atomic E-state index is 9.82. The fraction of sp³-hybridized carbons (Fsp3) is 0.250. The average molecular weight is 191 g/mol. The SMILES string of the molecule is C=C(C)C(N)=O.Cc1ccc(C)cc1. The van der Waals surface area contributed by atoms with Crippen molar-refractivity contribution in [3.63, 3.8) is 0 Å². The highest BCUT2D eigenvalue weighted by molar-refractivity contribution is 5.90. The smallest absolute Gasteiger partial charge is 0.243 e. The van der Waals surface area contributed by atoms with Crippen LogP contribution in [0, 0.1) is 13.8 Å². The molecule has 0 atom stereocenters. The zero-order valence-electron chi connectivity index (χ0n) is 9.00. The number of hydrogen-bond acceptors (Lipinski definition) is 1. The summed E-state index contributed by atoms with van der Waals surface area (Å²) in [7, 11) is 0. The van der Waals surface area contributed by atoms with E-state index >= 15 is 0 Å². The van der Waals surface area contributed by atoms with Crippen molar-refractivity contribution in [1.29, 1.82) is 0 Å². The summed E-state index contributed by atoms with van der Waals surface area (Å²) in [6.07, 6.45) is 0. The Morgan fingerprint density at radius 1 is 1.14 bits per heavy atom. The van der Waals surface area contributed by atoms with Crippen molar-refractivity contribution < 1.29 is 4.79 Å². The van der Waals surface area contributed by atoms with Crippen LogP contribution in [0.5, 0.6) is 0 Å². The Morgan fingerprint density at radius 2 is 1.36 bits per heavy atom. The van der Waals surface area contributed by atoms with Crippen molar-refractivity contribution in [3.8, 4) is 0 Å². The van der Waals surface area contributed by atoms with Crippen LogP contribution in [0.3, 0.4) is 0 Å². The number of nitrogens with two attached hydrogens (primary N) is 1. The van der Waals surface area contributed by atoms with E-state index in [0.717, 1.165) is 0 Å². The molecule has 2 heteroatoms. The minimum Gasteiger partial charge on any atom is -0.366 e. The van der Waals surface area contributed by atoms with Gasteiger partial charge in [-0.3, -0.25) is 4.79 Å². The third-order valence-electron chi connectivity index (χ3n) is 1.64. The second kappa shape index (κ2) is 5.97. The van der Waals surface area contributed by atoms with Crippen LogP contribution in [0.4, 0.5) is 0 Å². The standard InChI is InChI=1S/C8H10.C4H7NO/c1-7-3-5-8(2)6-4-7;1-3(2)4(5)6/h3-6H,1-2H3;1H2,2H3,(H2,5,6). The third kappa shape index (κ3) is 6.00. The van der Waals surface area contributed by atoms with Crippen molar-refractivity contribution >= 4 is 5.91 Å². The number of benzene rings is 1. The molecule has 0 aliphatic carbocycles. The summed E-state index contributed by atoms with van der Waals surface area (Å²) in [4.78, 5) is 9.82. The number of carbonyl (C=O) groups is 1. The normalized spacial score (nSPS) is 8.50. The lowest BCUT2D eigenvalue weighted by molar-refractivity contribution is -0.114. The second-order valence-electron chi connectivity index (χ2n) is 3.30. The van der Waals surface area contributed by atoms with Crippen molar-refractivity contribution in [2.24, 2.45) is 5.73 Å². The maximum Gasteiger partial charge on any atom is 0.243 e. The van der Waals surface area contributed by atoms with Crippen LogP contribution in [0.1, 0.15) is 18.1 Å². The highest BCUT2D eigenvalue weighted by atomic mass is 16.1. The molecule has 1 rings (SSSR count). The molecule has 14 heavy (non-hydrogen) atoms. The van der Waals surface area contributed by atoms with Crippen molar-refractivity contribution in [1.82, 2.24) is 0 Å². The molecular formula is C12H17NO. The van der Waals surface area contributed by atoms with Crippen molar-refractivity contribution in [2.45, 2.75) is 20.8 Å².